The third-order valence-corrected chi connectivity index (χ3v) is 9.59. The van der Waals surface area contributed by atoms with E-state index in [2.05, 4.69) is 147 Å². The van der Waals surface area contributed by atoms with Gasteiger partial charge in [-0.3, -0.25) is 0 Å². The molecular weight excluding hydrogens is 601 g/mol. The van der Waals surface area contributed by atoms with Gasteiger partial charge in [-0.15, -0.1) is 0 Å². The summed E-state index contributed by atoms with van der Waals surface area (Å²) in [5, 5.41) is 12.7. The van der Waals surface area contributed by atoms with Crippen LogP contribution in [0.1, 0.15) is 33.4 Å². The van der Waals surface area contributed by atoms with Crippen molar-refractivity contribution in [2.75, 3.05) is 0 Å². The predicted octanol–water partition coefficient (Wildman–Crippen LogP) is 12.6. The normalized spacial score (nSPS) is 10.7. The topological polar surface area (TPSA) is 0 Å². The van der Waals surface area contributed by atoms with E-state index in [1.807, 2.05) is 60.7 Å². The summed E-state index contributed by atoms with van der Waals surface area (Å²) in [6.45, 7) is 4.48. The number of hydrogen-bond donors (Lipinski definition) is 0. The maximum Gasteiger partial charge on any atom is 0.0406 e. The molecule has 0 fully saturated rings. The van der Waals surface area contributed by atoms with Crippen molar-refractivity contribution in [2.45, 2.75) is 13.8 Å². The maximum absolute atomic E-state index is 3.45. The van der Waals surface area contributed by atoms with E-state index in [0.29, 0.717) is 0 Å². The Hall–Kier alpha value is -6.60. The highest BCUT2D eigenvalue weighted by Crippen LogP contribution is 2.36. The molecule has 0 saturated carbocycles. The van der Waals surface area contributed by atoms with Gasteiger partial charge in [-0.2, -0.15) is 0 Å². The van der Waals surface area contributed by atoms with Crippen molar-refractivity contribution in [2.24, 2.45) is 0 Å². The molecule has 9 aromatic rings. The standard InChI is InChI=1S/C30H18.C20H16/c1-3-11-23(12-4-1)19-21-29-25-15-7-9-17-27(25)30(28-18-10-8-16-26(28)29)22-20-24-13-5-2-6-14-24;1-13-16-8-5-6-9-17(16)14(2)20-18(13)12-11-15-7-3-4-10-19(15)20/h1-18H;3-12H,1-2H3. The number of aryl methyl sites for hydroxylation is 2. The van der Waals surface area contributed by atoms with Gasteiger partial charge >= 0.3 is 0 Å². The number of hydrogen-bond acceptors (Lipinski definition) is 0. The van der Waals surface area contributed by atoms with Crippen molar-refractivity contribution in [3.05, 3.63) is 203 Å². The lowest BCUT2D eigenvalue weighted by atomic mass is 9.90. The molecule has 0 aliphatic heterocycles. The van der Waals surface area contributed by atoms with Gasteiger partial charge in [-0.25, -0.2) is 0 Å². The Morgan fingerprint density at radius 2 is 0.660 bits per heavy atom. The van der Waals surface area contributed by atoms with Crippen LogP contribution < -0.4 is 0 Å². The molecule has 0 aromatic heterocycles. The van der Waals surface area contributed by atoms with E-state index >= 15 is 0 Å². The fourth-order valence-corrected chi connectivity index (χ4v) is 7.11. The largest absolute Gasteiger partial charge is 0.0622 e. The Morgan fingerprint density at radius 1 is 0.280 bits per heavy atom. The number of fused-ring (bicyclic) bond motifs is 6. The molecule has 234 valence electrons. The van der Waals surface area contributed by atoms with E-state index in [9.17, 15) is 0 Å². The van der Waals surface area contributed by atoms with Gasteiger partial charge < -0.3 is 0 Å². The Bertz CT molecular complexity index is 2650. The fraction of sp³-hybridized carbons (Fsp3) is 0.0400. The van der Waals surface area contributed by atoms with E-state index < -0.39 is 0 Å². The first-order valence-electron chi connectivity index (χ1n) is 17.0. The van der Waals surface area contributed by atoms with Crippen LogP contribution in [-0.2, 0) is 0 Å². The van der Waals surface area contributed by atoms with Crippen molar-refractivity contribution in [1.82, 2.24) is 0 Å². The molecule has 0 N–H and O–H groups in total. The third kappa shape index (κ3) is 5.75. The highest BCUT2D eigenvalue weighted by molar-refractivity contribution is 6.16. The van der Waals surface area contributed by atoms with E-state index in [-0.39, 0.29) is 0 Å². The highest BCUT2D eigenvalue weighted by atomic mass is 14.1. The summed E-state index contributed by atoms with van der Waals surface area (Å²) < 4.78 is 0. The van der Waals surface area contributed by atoms with Gasteiger partial charge in [0.25, 0.3) is 0 Å². The van der Waals surface area contributed by atoms with Crippen molar-refractivity contribution >= 4 is 53.9 Å². The minimum Gasteiger partial charge on any atom is -0.0622 e. The molecule has 0 radical (unpaired) electrons. The SMILES string of the molecule is C(#Cc1c2ccccc2c(C#Cc2ccccc2)c2ccccc12)c1ccccc1.Cc1c2ccccc2c(C)c2c1ccc1ccccc12. The molecular formula is C50H34. The van der Waals surface area contributed by atoms with Gasteiger partial charge in [0.15, 0.2) is 0 Å². The van der Waals surface area contributed by atoms with Crippen LogP contribution in [0.4, 0.5) is 0 Å². The first-order chi connectivity index (χ1) is 24.7. The van der Waals surface area contributed by atoms with Gasteiger partial charge in [0, 0.05) is 22.3 Å². The summed E-state index contributed by atoms with van der Waals surface area (Å²) in [5.74, 6) is 13.6. The molecule has 50 heavy (non-hydrogen) atoms. The van der Waals surface area contributed by atoms with E-state index in [1.165, 1.54) is 43.4 Å². The van der Waals surface area contributed by atoms with Gasteiger partial charge in [-0.05, 0) is 103 Å². The second kappa shape index (κ2) is 13.5. The average Bonchev–Trinajstić information content (AvgIpc) is 3.19. The van der Waals surface area contributed by atoms with Gasteiger partial charge in [0.1, 0.15) is 0 Å². The van der Waals surface area contributed by atoms with Crippen molar-refractivity contribution in [3.63, 3.8) is 0 Å². The van der Waals surface area contributed by atoms with Crippen molar-refractivity contribution in [1.29, 1.82) is 0 Å². The Morgan fingerprint density at radius 3 is 1.14 bits per heavy atom. The van der Waals surface area contributed by atoms with E-state index in [0.717, 1.165) is 43.8 Å². The lowest BCUT2D eigenvalue weighted by Crippen LogP contribution is -1.90. The maximum atomic E-state index is 3.45. The molecule has 0 saturated heterocycles. The summed E-state index contributed by atoms with van der Waals surface area (Å²) in [7, 11) is 0. The second-order valence-corrected chi connectivity index (χ2v) is 12.6. The molecule has 0 nitrogen and oxygen atoms in total. The first kappa shape index (κ1) is 30.7. The van der Waals surface area contributed by atoms with Crippen LogP contribution in [0.5, 0.6) is 0 Å². The van der Waals surface area contributed by atoms with E-state index in [1.54, 1.807) is 0 Å². The van der Waals surface area contributed by atoms with Crippen LogP contribution in [-0.4, -0.2) is 0 Å². The minimum atomic E-state index is 1.01. The lowest BCUT2D eigenvalue weighted by Gasteiger charge is -2.14. The second-order valence-electron chi connectivity index (χ2n) is 12.6. The van der Waals surface area contributed by atoms with Gasteiger partial charge in [-0.1, -0.05) is 169 Å². The zero-order valence-electron chi connectivity index (χ0n) is 28.2. The molecule has 0 spiro atoms. The predicted molar refractivity (Wildman–Crippen MR) is 215 cm³/mol. The van der Waals surface area contributed by atoms with Crippen molar-refractivity contribution in [3.8, 4) is 23.7 Å². The third-order valence-electron chi connectivity index (χ3n) is 9.59. The van der Waals surface area contributed by atoms with Crippen LogP contribution in [0, 0.1) is 37.5 Å². The van der Waals surface area contributed by atoms with Crippen molar-refractivity contribution < 1.29 is 0 Å². The fourth-order valence-electron chi connectivity index (χ4n) is 7.11. The molecule has 9 rings (SSSR count). The van der Waals surface area contributed by atoms with E-state index in [4.69, 9.17) is 0 Å². The quantitative estimate of drug-likeness (QED) is 0.0884. The van der Waals surface area contributed by atoms with Gasteiger partial charge in [0.05, 0.1) is 0 Å². The monoisotopic (exact) mass is 634 g/mol. The lowest BCUT2D eigenvalue weighted by molar-refractivity contribution is 1.53. The molecule has 0 aliphatic carbocycles. The summed E-state index contributed by atoms with van der Waals surface area (Å²) in [6, 6.07) is 59.0. The molecule has 0 aliphatic rings. The van der Waals surface area contributed by atoms with Crippen LogP contribution in [0.15, 0.2) is 170 Å². The van der Waals surface area contributed by atoms with Crippen LogP contribution >= 0.6 is 0 Å². The smallest absolute Gasteiger partial charge is 0.0406 e. The van der Waals surface area contributed by atoms with Crippen LogP contribution in [0.3, 0.4) is 0 Å². The number of benzene rings is 9. The molecule has 0 heterocycles. The number of rotatable bonds is 0. The molecule has 0 bridgehead atoms. The molecule has 0 amide bonds. The summed E-state index contributed by atoms with van der Waals surface area (Å²) in [4.78, 5) is 0. The molecule has 0 unspecified atom stereocenters. The Balaban J connectivity index is 0.000000156. The molecule has 0 atom stereocenters. The Labute approximate surface area is 293 Å². The van der Waals surface area contributed by atoms with Crippen LogP contribution in [0.2, 0.25) is 0 Å². The minimum absolute atomic E-state index is 1.01. The zero-order valence-corrected chi connectivity index (χ0v) is 28.2. The summed E-state index contributed by atoms with van der Waals surface area (Å²) >= 11 is 0. The highest BCUT2D eigenvalue weighted by Gasteiger charge is 2.12. The summed E-state index contributed by atoms with van der Waals surface area (Å²) in [5.41, 5.74) is 6.90. The first-order valence-corrected chi connectivity index (χ1v) is 17.0. The van der Waals surface area contributed by atoms with Crippen LogP contribution in [0.25, 0.3) is 53.9 Å². The van der Waals surface area contributed by atoms with Gasteiger partial charge in [0.2, 0.25) is 0 Å². The summed E-state index contributed by atoms with van der Waals surface area (Å²) in [6.07, 6.45) is 0. The molecule has 0 heteroatoms. The average molecular weight is 635 g/mol. The Kier molecular flexibility index (Phi) is 8.29. The molecule has 9 aromatic carbocycles. The zero-order chi connectivity index (χ0) is 33.9.